The van der Waals surface area contributed by atoms with E-state index in [2.05, 4.69) is 22.7 Å². The van der Waals surface area contributed by atoms with Crippen molar-refractivity contribution in [2.45, 2.75) is 38.3 Å². The SMILES string of the molecule is C=CCOC(=O)N[C@@H](CCC(=O)NC(c1ccccc1)(c1ccccc1)c1ccccc1)C(=O)NOCC(C)(C)C(=O)O. The van der Waals surface area contributed by atoms with Crippen LogP contribution in [0.25, 0.3) is 0 Å². The second kappa shape index (κ2) is 15.3. The normalized spacial score (nSPS) is 12.0. The van der Waals surface area contributed by atoms with Crippen molar-refractivity contribution in [3.05, 3.63) is 120 Å². The van der Waals surface area contributed by atoms with Gasteiger partial charge < -0.3 is 20.5 Å². The average Bonchev–Trinajstić information content (AvgIpc) is 3.01. The number of amides is 3. The van der Waals surface area contributed by atoms with Gasteiger partial charge in [0.05, 0.1) is 12.0 Å². The number of aliphatic carboxylic acids is 1. The van der Waals surface area contributed by atoms with Gasteiger partial charge in [0.15, 0.2) is 0 Å². The van der Waals surface area contributed by atoms with Crippen molar-refractivity contribution in [3.63, 3.8) is 0 Å². The Morgan fingerprint density at radius 2 is 1.35 bits per heavy atom. The molecule has 0 aliphatic rings. The van der Waals surface area contributed by atoms with Gasteiger partial charge in [0, 0.05) is 6.42 Å². The number of carbonyl (C=O) groups excluding carboxylic acids is 3. The van der Waals surface area contributed by atoms with E-state index >= 15 is 0 Å². The van der Waals surface area contributed by atoms with Crippen molar-refractivity contribution in [2.24, 2.45) is 5.41 Å². The number of alkyl carbamates (subject to hydrolysis) is 1. The van der Waals surface area contributed by atoms with E-state index < -0.39 is 35.0 Å². The Labute approximate surface area is 251 Å². The molecule has 10 nitrogen and oxygen atoms in total. The van der Waals surface area contributed by atoms with Crippen LogP contribution >= 0.6 is 0 Å². The summed E-state index contributed by atoms with van der Waals surface area (Å²) >= 11 is 0. The molecule has 0 spiro atoms. The number of carboxylic acids is 1. The van der Waals surface area contributed by atoms with Crippen LogP contribution in [0.2, 0.25) is 0 Å². The summed E-state index contributed by atoms with van der Waals surface area (Å²) in [7, 11) is 0. The van der Waals surface area contributed by atoms with Crippen LogP contribution in [0.15, 0.2) is 104 Å². The summed E-state index contributed by atoms with van der Waals surface area (Å²) in [6.07, 6.45) is 0.212. The summed E-state index contributed by atoms with van der Waals surface area (Å²) in [6, 6.07) is 27.4. The molecular formula is C33H37N3O7. The van der Waals surface area contributed by atoms with E-state index in [1.807, 2.05) is 91.0 Å². The van der Waals surface area contributed by atoms with Gasteiger partial charge in [0.1, 0.15) is 18.2 Å². The van der Waals surface area contributed by atoms with Gasteiger partial charge in [-0.15, -0.1) is 0 Å². The lowest BCUT2D eigenvalue weighted by Gasteiger charge is -2.37. The quantitative estimate of drug-likeness (QED) is 0.118. The number of carbonyl (C=O) groups is 4. The van der Waals surface area contributed by atoms with Crippen molar-refractivity contribution in [1.82, 2.24) is 16.1 Å². The number of nitrogens with one attached hydrogen (secondary N) is 3. The third-order valence-corrected chi connectivity index (χ3v) is 6.73. The maximum Gasteiger partial charge on any atom is 0.408 e. The predicted molar refractivity (Wildman–Crippen MR) is 161 cm³/mol. The van der Waals surface area contributed by atoms with Crippen LogP contribution in [-0.4, -0.2) is 48.2 Å². The van der Waals surface area contributed by atoms with E-state index in [-0.39, 0.29) is 32.0 Å². The molecule has 0 saturated heterocycles. The van der Waals surface area contributed by atoms with Crippen molar-refractivity contribution < 1.29 is 33.9 Å². The fourth-order valence-electron chi connectivity index (χ4n) is 4.34. The summed E-state index contributed by atoms with van der Waals surface area (Å²) in [5.41, 5.74) is 2.34. The minimum absolute atomic E-state index is 0.0856. The van der Waals surface area contributed by atoms with E-state index in [9.17, 15) is 24.3 Å². The standard InChI is InChI=1S/C33H37N3O7/c1-4-22-42-31(41)34-27(29(38)36-43-23-32(2,3)30(39)40)20-21-28(37)35-33(24-14-8-5-9-15-24,25-16-10-6-11-17-25)26-18-12-7-13-19-26/h4-19,27H,1,20-23H2,2-3H3,(H,34,41)(H,35,37)(H,36,38)(H,39,40)/t27-/m0/s1. The molecule has 1 atom stereocenters. The topological polar surface area (TPSA) is 143 Å². The van der Waals surface area contributed by atoms with Gasteiger partial charge in [0.25, 0.3) is 5.91 Å². The maximum atomic E-state index is 13.7. The minimum atomic E-state index is -1.27. The summed E-state index contributed by atoms with van der Waals surface area (Å²) in [5.74, 6) is -2.27. The monoisotopic (exact) mass is 587 g/mol. The molecule has 0 heterocycles. The molecule has 3 aromatic rings. The van der Waals surface area contributed by atoms with E-state index in [0.717, 1.165) is 16.7 Å². The van der Waals surface area contributed by atoms with Crippen LogP contribution in [0, 0.1) is 5.41 Å². The largest absolute Gasteiger partial charge is 0.481 e. The zero-order valence-electron chi connectivity index (χ0n) is 24.2. The van der Waals surface area contributed by atoms with Gasteiger partial charge in [-0.05, 0) is 37.0 Å². The summed E-state index contributed by atoms with van der Waals surface area (Å²) in [5, 5.41) is 14.9. The number of carboxylic acid groups (broad SMARTS) is 1. The summed E-state index contributed by atoms with van der Waals surface area (Å²) < 4.78 is 4.96. The lowest BCUT2D eigenvalue weighted by molar-refractivity contribution is -0.156. The number of hydroxylamine groups is 1. The number of benzene rings is 3. The highest BCUT2D eigenvalue weighted by Crippen LogP contribution is 2.36. The molecule has 0 bridgehead atoms. The molecule has 4 N–H and O–H groups in total. The van der Waals surface area contributed by atoms with E-state index in [4.69, 9.17) is 9.57 Å². The molecule has 0 aromatic heterocycles. The van der Waals surface area contributed by atoms with E-state index in [1.165, 1.54) is 19.9 Å². The molecule has 10 heteroatoms. The first-order valence-electron chi connectivity index (χ1n) is 13.8. The molecule has 43 heavy (non-hydrogen) atoms. The Balaban J connectivity index is 1.85. The Kier molecular flexibility index (Phi) is 11.6. The molecule has 0 saturated carbocycles. The highest BCUT2D eigenvalue weighted by molar-refractivity contribution is 5.86. The Bertz CT molecular complexity index is 1280. The highest BCUT2D eigenvalue weighted by Gasteiger charge is 2.38. The van der Waals surface area contributed by atoms with Crippen molar-refractivity contribution in [3.8, 4) is 0 Å². The van der Waals surface area contributed by atoms with Crippen LogP contribution in [0.1, 0.15) is 43.4 Å². The lowest BCUT2D eigenvalue weighted by atomic mass is 9.77. The smallest absolute Gasteiger partial charge is 0.408 e. The van der Waals surface area contributed by atoms with Crippen molar-refractivity contribution in [1.29, 1.82) is 0 Å². The second-order valence-corrected chi connectivity index (χ2v) is 10.5. The van der Waals surface area contributed by atoms with Crippen LogP contribution in [0.5, 0.6) is 0 Å². The Hall–Kier alpha value is -4.96. The second-order valence-electron chi connectivity index (χ2n) is 10.5. The minimum Gasteiger partial charge on any atom is -0.481 e. The molecule has 3 aromatic carbocycles. The molecule has 3 rings (SSSR count). The van der Waals surface area contributed by atoms with Gasteiger partial charge in [-0.1, -0.05) is 104 Å². The van der Waals surface area contributed by atoms with Gasteiger partial charge in [0.2, 0.25) is 5.91 Å². The van der Waals surface area contributed by atoms with Crippen LogP contribution < -0.4 is 16.1 Å². The molecule has 0 unspecified atom stereocenters. The first-order chi connectivity index (χ1) is 20.6. The Morgan fingerprint density at radius 1 is 0.860 bits per heavy atom. The fraction of sp³-hybridized carbons (Fsp3) is 0.273. The Morgan fingerprint density at radius 3 is 1.79 bits per heavy atom. The van der Waals surface area contributed by atoms with Crippen LogP contribution in [0.3, 0.4) is 0 Å². The average molecular weight is 588 g/mol. The van der Waals surface area contributed by atoms with Crippen molar-refractivity contribution in [2.75, 3.05) is 13.2 Å². The van der Waals surface area contributed by atoms with Gasteiger partial charge in [-0.25, -0.2) is 10.3 Å². The summed E-state index contributed by atoms with van der Waals surface area (Å²) in [6.45, 7) is 5.95. The molecule has 0 aliphatic heterocycles. The summed E-state index contributed by atoms with van der Waals surface area (Å²) in [4.78, 5) is 55.4. The van der Waals surface area contributed by atoms with Gasteiger partial charge in [-0.3, -0.25) is 19.2 Å². The zero-order chi connectivity index (χ0) is 31.3. The van der Waals surface area contributed by atoms with Crippen LogP contribution in [0.4, 0.5) is 4.79 Å². The fourth-order valence-corrected chi connectivity index (χ4v) is 4.34. The molecule has 226 valence electrons. The maximum absolute atomic E-state index is 13.7. The number of hydrogen-bond acceptors (Lipinski definition) is 6. The third-order valence-electron chi connectivity index (χ3n) is 6.73. The molecule has 0 fully saturated rings. The van der Waals surface area contributed by atoms with Crippen molar-refractivity contribution >= 4 is 23.9 Å². The first-order valence-corrected chi connectivity index (χ1v) is 13.8. The predicted octanol–water partition coefficient (Wildman–Crippen LogP) is 4.31. The zero-order valence-corrected chi connectivity index (χ0v) is 24.2. The first kappa shape index (κ1) is 32.6. The van der Waals surface area contributed by atoms with E-state index in [1.54, 1.807) is 0 Å². The molecule has 0 radical (unpaired) electrons. The lowest BCUT2D eigenvalue weighted by Crippen LogP contribution is -2.50. The van der Waals surface area contributed by atoms with Crippen LogP contribution in [-0.2, 0) is 29.5 Å². The van der Waals surface area contributed by atoms with E-state index in [0.29, 0.717) is 0 Å². The number of rotatable bonds is 15. The molecule has 0 aliphatic carbocycles. The number of ether oxygens (including phenoxy) is 1. The molecular weight excluding hydrogens is 550 g/mol. The highest BCUT2D eigenvalue weighted by atomic mass is 16.7. The number of hydrogen-bond donors (Lipinski definition) is 4. The third kappa shape index (κ3) is 8.76. The van der Waals surface area contributed by atoms with Gasteiger partial charge in [-0.2, -0.15) is 0 Å². The molecule has 3 amide bonds. The van der Waals surface area contributed by atoms with Gasteiger partial charge >= 0.3 is 12.1 Å².